The topological polar surface area (TPSA) is 192 Å². The van der Waals surface area contributed by atoms with E-state index in [9.17, 15) is 40.2 Å². The van der Waals surface area contributed by atoms with Gasteiger partial charge in [0.2, 0.25) is 0 Å². The van der Waals surface area contributed by atoms with Crippen molar-refractivity contribution in [3.05, 3.63) is 124 Å². The van der Waals surface area contributed by atoms with Crippen molar-refractivity contribution in [2.45, 2.75) is 44.3 Å². The summed E-state index contributed by atoms with van der Waals surface area (Å²) in [7, 11) is 0. The van der Waals surface area contributed by atoms with Crippen molar-refractivity contribution < 1.29 is 59.2 Å². The second-order valence-electron chi connectivity index (χ2n) is 13.3. The summed E-state index contributed by atoms with van der Waals surface area (Å²) < 4.78 is 22.9. The number of hydrogen-bond acceptors (Lipinski definition) is 12. The highest BCUT2D eigenvalue weighted by Gasteiger charge is 2.21. The number of aromatic hydroxyl groups is 4. The lowest BCUT2D eigenvalue weighted by atomic mass is 9.87. The molecule has 0 aliphatic heterocycles. The first-order valence-corrected chi connectivity index (χ1v) is 17.8. The Morgan fingerprint density at radius 2 is 1.18 bits per heavy atom. The van der Waals surface area contributed by atoms with E-state index in [1.807, 2.05) is 48.5 Å². The van der Waals surface area contributed by atoms with Crippen molar-refractivity contribution in [3.8, 4) is 34.5 Å². The van der Waals surface area contributed by atoms with Crippen molar-refractivity contribution in [1.82, 2.24) is 0 Å². The fourth-order valence-electron chi connectivity index (χ4n) is 6.36. The number of phenols is 4. The van der Waals surface area contributed by atoms with E-state index in [4.69, 9.17) is 18.9 Å². The SMILES string of the molecule is O=C(Cc1ccc(O)c(O)c1)OCC(O)COc1ccc2c(c1Cc1c(OCC(O)COC(=O)Cc3ccc(O)c(O)c3)ccc3ccccc13)CCC=C2. The van der Waals surface area contributed by atoms with Gasteiger partial charge in [-0.2, -0.15) is 0 Å². The Bertz CT molecular complexity index is 2190. The number of carbonyl (C=O) groups is 2. The van der Waals surface area contributed by atoms with Gasteiger partial charge in [-0.05, 0) is 82.3 Å². The number of fused-ring (bicyclic) bond motifs is 2. The minimum atomic E-state index is -1.14. The number of benzene rings is 5. The summed E-state index contributed by atoms with van der Waals surface area (Å²) >= 11 is 0. The van der Waals surface area contributed by atoms with Crippen LogP contribution in [0.2, 0.25) is 0 Å². The van der Waals surface area contributed by atoms with Gasteiger partial charge in [0.15, 0.2) is 23.0 Å². The maximum absolute atomic E-state index is 12.4. The van der Waals surface area contributed by atoms with Gasteiger partial charge in [-0.1, -0.05) is 60.7 Å². The zero-order valence-corrected chi connectivity index (χ0v) is 29.9. The van der Waals surface area contributed by atoms with E-state index in [2.05, 4.69) is 12.2 Å². The fraction of sp³-hybridized carbons (Fsp3) is 0.256. The van der Waals surface area contributed by atoms with Gasteiger partial charge >= 0.3 is 11.9 Å². The average molecular weight is 751 g/mol. The average Bonchev–Trinajstić information content (AvgIpc) is 3.18. The second kappa shape index (κ2) is 17.7. The molecule has 2 atom stereocenters. The van der Waals surface area contributed by atoms with Crippen LogP contribution in [0.4, 0.5) is 0 Å². The lowest BCUT2D eigenvalue weighted by Gasteiger charge is -2.23. The van der Waals surface area contributed by atoms with Crippen LogP contribution >= 0.6 is 0 Å². The first kappa shape index (κ1) is 38.5. The third-order valence-corrected chi connectivity index (χ3v) is 9.15. The van der Waals surface area contributed by atoms with Gasteiger partial charge in [0.05, 0.1) is 12.8 Å². The van der Waals surface area contributed by atoms with Gasteiger partial charge in [-0.3, -0.25) is 9.59 Å². The van der Waals surface area contributed by atoms with Crippen molar-refractivity contribution in [3.63, 3.8) is 0 Å². The number of rotatable bonds is 16. The predicted octanol–water partition coefficient (Wildman–Crippen LogP) is 5.26. The van der Waals surface area contributed by atoms with Gasteiger partial charge in [-0.25, -0.2) is 0 Å². The lowest BCUT2D eigenvalue weighted by Crippen LogP contribution is -2.26. The summed E-state index contributed by atoms with van der Waals surface area (Å²) in [4.78, 5) is 24.8. The van der Waals surface area contributed by atoms with Gasteiger partial charge in [-0.15, -0.1) is 0 Å². The quantitative estimate of drug-likeness (QED) is 0.0567. The number of ether oxygens (including phenoxy) is 4. The maximum Gasteiger partial charge on any atom is 0.310 e. The van der Waals surface area contributed by atoms with Gasteiger partial charge in [0.1, 0.15) is 50.1 Å². The molecule has 0 saturated heterocycles. The van der Waals surface area contributed by atoms with E-state index in [1.54, 1.807) is 0 Å². The number of esters is 2. The third-order valence-electron chi connectivity index (χ3n) is 9.15. The molecule has 12 heteroatoms. The van der Waals surface area contributed by atoms with Crippen molar-refractivity contribution in [1.29, 1.82) is 0 Å². The molecular weight excluding hydrogens is 708 g/mol. The molecule has 12 nitrogen and oxygen atoms in total. The highest BCUT2D eigenvalue weighted by atomic mass is 16.6. The molecule has 1 aliphatic carbocycles. The van der Waals surface area contributed by atoms with Crippen LogP contribution in [0.1, 0.15) is 39.8 Å². The van der Waals surface area contributed by atoms with Crippen LogP contribution < -0.4 is 9.47 Å². The number of aliphatic hydroxyl groups excluding tert-OH is 2. The number of aliphatic hydroxyl groups is 2. The van der Waals surface area contributed by atoms with Crippen molar-refractivity contribution in [2.24, 2.45) is 0 Å². The molecule has 0 aromatic heterocycles. The Balaban J connectivity index is 1.13. The summed E-state index contributed by atoms with van der Waals surface area (Å²) in [6, 6.07) is 23.5. The molecule has 0 bridgehead atoms. The zero-order chi connectivity index (χ0) is 38.9. The fourth-order valence-corrected chi connectivity index (χ4v) is 6.36. The normalized spacial score (nSPS) is 13.1. The Hall–Kier alpha value is -6.24. The minimum absolute atomic E-state index is 0.158. The molecule has 0 saturated carbocycles. The van der Waals surface area contributed by atoms with Crippen LogP contribution in [-0.2, 0) is 44.7 Å². The summed E-state index contributed by atoms with van der Waals surface area (Å²) in [6.45, 7) is -0.964. The van der Waals surface area contributed by atoms with Gasteiger partial charge in [0, 0.05) is 17.5 Å². The third kappa shape index (κ3) is 10.0. The van der Waals surface area contributed by atoms with Crippen molar-refractivity contribution in [2.75, 3.05) is 26.4 Å². The number of phenolic OH excluding ortho intramolecular Hbond substituents is 4. The number of allylic oxidation sites excluding steroid dienone is 1. The molecule has 1 aliphatic rings. The summed E-state index contributed by atoms with van der Waals surface area (Å²) in [5.74, 6) is -1.46. The monoisotopic (exact) mass is 750 g/mol. The largest absolute Gasteiger partial charge is 0.504 e. The highest BCUT2D eigenvalue weighted by Crippen LogP contribution is 2.37. The number of carbonyl (C=O) groups excluding carboxylic acids is 2. The Labute approximate surface area is 317 Å². The predicted molar refractivity (Wildman–Crippen MR) is 202 cm³/mol. The minimum Gasteiger partial charge on any atom is -0.504 e. The first-order valence-electron chi connectivity index (χ1n) is 17.8. The molecule has 5 aromatic rings. The molecule has 0 radical (unpaired) electrons. The Morgan fingerprint density at radius 1 is 0.618 bits per heavy atom. The van der Waals surface area contributed by atoms with E-state index in [0.29, 0.717) is 29.0 Å². The molecule has 0 fully saturated rings. The first-order chi connectivity index (χ1) is 26.5. The molecule has 0 amide bonds. The summed E-state index contributed by atoms with van der Waals surface area (Å²) in [5, 5.41) is 61.8. The molecular formula is C43H42O12. The second-order valence-corrected chi connectivity index (χ2v) is 13.3. The highest BCUT2D eigenvalue weighted by molar-refractivity contribution is 5.88. The maximum atomic E-state index is 12.4. The molecule has 6 rings (SSSR count). The van der Waals surface area contributed by atoms with Crippen molar-refractivity contribution >= 4 is 28.8 Å². The van der Waals surface area contributed by atoms with Gasteiger partial charge in [0.25, 0.3) is 0 Å². The Kier molecular flexibility index (Phi) is 12.4. The molecule has 55 heavy (non-hydrogen) atoms. The summed E-state index contributed by atoms with van der Waals surface area (Å²) in [5.41, 5.74) is 4.76. The lowest BCUT2D eigenvalue weighted by molar-refractivity contribution is -0.147. The molecule has 5 aromatic carbocycles. The van der Waals surface area contributed by atoms with Crippen LogP contribution in [0.25, 0.3) is 16.8 Å². The Morgan fingerprint density at radius 3 is 1.78 bits per heavy atom. The van der Waals surface area contributed by atoms with E-state index >= 15 is 0 Å². The molecule has 0 spiro atoms. The molecule has 0 heterocycles. The van der Waals surface area contributed by atoms with E-state index < -0.39 is 24.1 Å². The molecule has 286 valence electrons. The van der Waals surface area contributed by atoms with E-state index in [0.717, 1.165) is 45.9 Å². The van der Waals surface area contributed by atoms with Crippen LogP contribution in [0.15, 0.2) is 91.0 Å². The smallest absolute Gasteiger partial charge is 0.310 e. The molecule has 6 N–H and O–H groups in total. The van der Waals surface area contributed by atoms with Crippen LogP contribution in [0.5, 0.6) is 34.5 Å². The van der Waals surface area contributed by atoms with E-state index in [-0.39, 0.29) is 62.3 Å². The zero-order valence-electron chi connectivity index (χ0n) is 29.9. The van der Waals surface area contributed by atoms with Crippen LogP contribution in [0.3, 0.4) is 0 Å². The standard InChI is InChI=1S/C43H42O12/c44-30(24-54-42(50)19-26-9-13-36(46)38(48)17-26)22-52-40-15-11-28-5-1-3-7-32(28)34(40)21-35-33-8-4-2-6-29(33)12-16-41(35)53-23-31(45)25-55-43(51)20-27-10-14-37(47)39(49)18-27/h1-3,5-7,9-18,30-31,44-49H,4,8,19-25H2. The van der Waals surface area contributed by atoms with E-state index in [1.165, 1.54) is 36.4 Å². The van der Waals surface area contributed by atoms with Crippen LogP contribution in [0, 0.1) is 0 Å². The number of hydrogen-bond donors (Lipinski definition) is 6. The van der Waals surface area contributed by atoms with Gasteiger partial charge < -0.3 is 49.6 Å². The van der Waals surface area contributed by atoms with Crippen LogP contribution in [-0.4, -0.2) is 81.2 Å². The summed E-state index contributed by atoms with van der Waals surface area (Å²) in [6.07, 6.45) is 3.56. The molecule has 2 unspecified atom stereocenters.